The first kappa shape index (κ1) is 13.1. The quantitative estimate of drug-likeness (QED) is 0.587. The van der Waals surface area contributed by atoms with Crippen molar-refractivity contribution in [3.05, 3.63) is 0 Å². The highest BCUT2D eigenvalue weighted by atomic mass is 16.5. The van der Waals surface area contributed by atoms with Gasteiger partial charge in [-0.05, 0) is 39.0 Å². The van der Waals surface area contributed by atoms with Crippen LogP contribution in [-0.4, -0.2) is 29.8 Å². The molecule has 5 heteroatoms. The molecule has 1 saturated heterocycles. The Kier molecular flexibility index (Phi) is 3.68. The lowest BCUT2D eigenvalue weighted by Gasteiger charge is -2.41. The van der Waals surface area contributed by atoms with E-state index in [4.69, 9.17) is 4.74 Å². The van der Waals surface area contributed by atoms with Gasteiger partial charge in [-0.15, -0.1) is 0 Å². The Morgan fingerprint density at radius 1 is 1.39 bits per heavy atom. The number of ketones is 1. The summed E-state index contributed by atoms with van der Waals surface area (Å²) in [5.74, 6) is -1.38. The fourth-order valence-electron chi connectivity index (χ4n) is 2.98. The molecule has 0 radical (unpaired) electrons. The lowest BCUT2D eigenvalue weighted by Crippen LogP contribution is -2.61. The van der Waals surface area contributed by atoms with E-state index in [9.17, 15) is 14.4 Å². The molecule has 0 bridgehead atoms. The third-order valence-corrected chi connectivity index (χ3v) is 3.84. The van der Waals surface area contributed by atoms with Gasteiger partial charge in [-0.2, -0.15) is 0 Å². The summed E-state index contributed by atoms with van der Waals surface area (Å²) in [6, 6.07) is 0. The van der Waals surface area contributed by atoms with Crippen LogP contribution in [0.5, 0.6) is 0 Å². The number of amides is 1. The molecular weight excluding hydrogens is 234 g/mol. The van der Waals surface area contributed by atoms with E-state index >= 15 is 0 Å². The highest BCUT2D eigenvalue weighted by Gasteiger charge is 2.49. The number of ether oxygens (including phenoxy) is 1. The van der Waals surface area contributed by atoms with Gasteiger partial charge in [0.05, 0.1) is 12.1 Å². The summed E-state index contributed by atoms with van der Waals surface area (Å²) in [6.45, 7) is 2.01. The van der Waals surface area contributed by atoms with Crippen LogP contribution in [0.2, 0.25) is 0 Å². The van der Waals surface area contributed by atoms with Crippen molar-refractivity contribution in [2.24, 2.45) is 5.92 Å². The maximum absolute atomic E-state index is 12.4. The summed E-state index contributed by atoms with van der Waals surface area (Å²) in [6.07, 6.45) is 3.79. The molecule has 0 aromatic carbocycles. The van der Waals surface area contributed by atoms with Crippen LogP contribution in [-0.2, 0) is 19.1 Å². The molecule has 1 heterocycles. The standard InChI is InChI=1S/C13H19NO4/c1-2-18-12(17)9-5-3-7-13(11(9)16)8-4-6-10(15)14-13/h9H,2-8H2,1H3,(H,14,15)/t9?,13-/m1/s1. The van der Waals surface area contributed by atoms with Gasteiger partial charge in [0.2, 0.25) is 5.91 Å². The molecule has 5 nitrogen and oxygen atoms in total. The first-order valence-electron chi connectivity index (χ1n) is 6.61. The lowest BCUT2D eigenvalue weighted by atomic mass is 9.70. The molecule has 2 rings (SSSR count). The second-order valence-electron chi connectivity index (χ2n) is 5.04. The molecule has 100 valence electrons. The molecule has 1 saturated carbocycles. The minimum absolute atomic E-state index is 0.0842. The molecule has 2 fully saturated rings. The van der Waals surface area contributed by atoms with E-state index in [0.717, 1.165) is 6.42 Å². The Morgan fingerprint density at radius 2 is 2.11 bits per heavy atom. The predicted molar refractivity (Wildman–Crippen MR) is 63.7 cm³/mol. The second kappa shape index (κ2) is 5.08. The molecule has 0 aromatic heterocycles. The van der Waals surface area contributed by atoms with Crippen molar-refractivity contribution >= 4 is 17.7 Å². The first-order valence-corrected chi connectivity index (χ1v) is 6.61. The number of nitrogens with one attached hydrogen (secondary N) is 1. The Morgan fingerprint density at radius 3 is 2.78 bits per heavy atom. The molecule has 1 aliphatic carbocycles. The maximum Gasteiger partial charge on any atom is 0.316 e. The van der Waals surface area contributed by atoms with Gasteiger partial charge in [-0.3, -0.25) is 14.4 Å². The number of piperidine rings is 1. The van der Waals surface area contributed by atoms with E-state index < -0.39 is 17.4 Å². The van der Waals surface area contributed by atoms with Crippen molar-refractivity contribution in [2.75, 3.05) is 6.61 Å². The van der Waals surface area contributed by atoms with Crippen molar-refractivity contribution in [1.82, 2.24) is 5.32 Å². The Labute approximate surface area is 106 Å². The number of esters is 1. The van der Waals surface area contributed by atoms with E-state index in [0.29, 0.717) is 32.1 Å². The number of Topliss-reactive ketones (excluding diaryl/α,β-unsaturated/α-hetero) is 1. The fourth-order valence-corrected chi connectivity index (χ4v) is 2.98. The highest BCUT2D eigenvalue weighted by Crippen LogP contribution is 2.35. The van der Waals surface area contributed by atoms with Gasteiger partial charge in [0.1, 0.15) is 5.92 Å². The third kappa shape index (κ3) is 2.26. The topological polar surface area (TPSA) is 72.5 Å². The van der Waals surface area contributed by atoms with Gasteiger partial charge in [-0.25, -0.2) is 0 Å². The molecule has 1 unspecified atom stereocenters. The molecule has 1 N–H and O–H groups in total. The zero-order chi connectivity index (χ0) is 13.2. The average Bonchev–Trinajstić information content (AvgIpc) is 2.33. The highest BCUT2D eigenvalue weighted by molar-refractivity contribution is 6.06. The predicted octanol–water partition coefficient (Wildman–Crippen LogP) is 0.958. The van der Waals surface area contributed by atoms with Gasteiger partial charge in [-0.1, -0.05) is 0 Å². The van der Waals surface area contributed by atoms with Crippen molar-refractivity contribution in [2.45, 2.75) is 51.0 Å². The van der Waals surface area contributed by atoms with E-state index in [1.807, 2.05) is 0 Å². The summed E-state index contributed by atoms with van der Waals surface area (Å²) >= 11 is 0. The van der Waals surface area contributed by atoms with Gasteiger partial charge in [0.25, 0.3) is 0 Å². The third-order valence-electron chi connectivity index (χ3n) is 3.84. The maximum atomic E-state index is 12.4. The largest absolute Gasteiger partial charge is 0.465 e. The first-order chi connectivity index (χ1) is 8.59. The number of hydrogen-bond acceptors (Lipinski definition) is 4. The van der Waals surface area contributed by atoms with Crippen LogP contribution < -0.4 is 5.32 Å². The summed E-state index contributed by atoms with van der Waals surface area (Å²) in [5.41, 5.74) is -0.801. The van der Waals surface area contributed by atoms with E-state index in [2.05, 4.69) is 5.32 Å². The van der Waals surface area contributed by atoms with E-state index in [1.165, 1.54) is 0 Å². The normalized spacial score (nSPS) is 32.2. The summed E-state index contributed by atoms with van der Waals surface area (Å²) in [5, 5.41) is 2.81. The fraction of sp³-hybridized carbons (Fsp3) is 0.769. The minimum Gasteiger partial charge on any atom is -0.465 e. The van der Waals surface area contributed by atoms with Crippen LogP contribution in [0, 0.1) is 5.92 Å². The van der Waals surface area contributed by atoms with Crippen LogP contribution >= 0.6 is 0 Å². The van der Waals surface area contributed by atoms with Crippen molar-refractivity contribution in [3.8, 4) is 0 Å². The molecule has 0 aromatic rings. The van der Waals surface area contributed by atoms with Gasteiger partial charge in [0, 0.05) is 6.42 Å². The molecule has 1 aliphatic heterocycles. The number of hydrogen-bond donors (Lipinski definition) is 1. The number of carbonyl (C=O) groups excluding carboxylic acids is 3. The Balaban J connectivity index is 2.15. The Hall–Kier alpha value is -1.39. The molecule has 18 heavy (non-hydrogen) atoms. The minimum atomic E-state index is -0.801. The van der Waals surface area contributed by atoms with Crippen molar-refractivity contribution in [3.63, 3.8) is 0 Å². The van der Waals surface area contributed by atoms with Crippen LogP contribution in [0.25, 0.3) is 0 Å². The summed E-state index contributed by atoms with van der Waals surface area (Å²) in [4.78, 5) is 35.7. The van der Waals surface area contributed by atoms with Gasteiger partial charge >= 0.3 is 5.97 Å². The van der Waals surface area contributed by atoms with Crippen LogP contribution in [0.4, 0.5) is 0 Å². The van der Waals surface area contributed by atoms with Crippen LogP contribution in [0.1, 0.15) is 45.4 Å². The van der Waals surface area contributed by atoms with Crippen LogP contribution in [0.3, 0.4) is 0 Å². The molecule has 1 amide bonds. The Bertz CT molecular complexity index is 375. The monoisotopic (exact) mass is 253 g/mol. The zero-order valence-electron chi connectivity index (χ0n) is 10.7. The lowest BCUT2D eigenvalue weighted by molar-refractivity contribution is -0.157. The average molecular weight is 253 g/mol. The summed E-state index contributed by atoms with van der Waals surface area (Å²) < 4.78 is 4.94. The van der Waals surface area contributed by atoms with Crippen molar-refractivity contribution in [1.29, 1.82) is 0 Å². The zero-order valence-corrected chi connectivity index (χ0v) is 10.7. The number of carbonyl (C=O) groups is 3. The van der Waals surface area contributed by atoms with Crippen LogP contribution in [0.15, 0.2) is 0 Å². The number of rotatable bonds is 2. The second-order valence-corrected chi connectivity index (χ2v) is 5.04. The van der Waals surface area contributed by atoms with Gasteiger partial charge in [0.15, 0.2) is 5.78 Å². The summed E-state index contributed by atoms with van der Waals surface area (Å²) in [7, 11) is 0. The molecule has 2 aliphatic rings. The van der Waals surface area contributed by atoms with Gasteiger partial charge < -0.3 is 10.1 Å². The molecular formula is C13H19NO4. The molecule has 1 spiro atoms. The SMILES string of the molecule is CCOC(=O)C1CCC[C@@]2(CCCC(=O)N2)C1=O. The van der Waals surface area contributed by atoms with Crippen molar-refractivity contribution < 1.29 is 19.1 Å². The smallest absolute Gasteiger partial charge is 0.316 e. The van der Waals surface area contributed by atoms with E-state index in [1.54, 1.807) is 6.92 Å². The van der Waals surface area contributed by atoms with E-state index in [-0.39, 0.29) is 18.3 Å². The molecule has 2 atom stereocenters.